The lowest BCUT2D eigenvalue weighted by Gasteiger charge is -2.19. The largest absolute Gasteiger partial charge is 0.478 e. The van der Waals surface area contributed by atoms with E-state index in [0.29, 0.717) is 0 Å². The third kappa shape index (κ3) is 2.71. The van der Waals surface area contributed by atoms with Crippen molar-refractivity contribution in [3.05, 3.63) is 58.6 Å². The van der Waals surface area contributed by atoms with E-state index in [4.69, 9.17) is 5.11 Å². The van der Waals surface area contributed by atoms with Gasteiger partial charge in [0.25, 0.3) is 0 Å². The van der Waals surface area contributed by atoms with Crippen LogP contribution in [0.15, 0.2) is 53.0 Å². The second-order valence-corrected chi connectivity index (χ2v) is 4.81. The molecule has 4 heteroatoms. The minimum absolute atomic E-state index is 0.288. The van der Waals surface area contributed by atoms with Gasteiger partial charge in [-0.05, 0) is 42.5 Å². The number of benzene rings is 2. The molecule has 2 aromatic carbocycles. The van der Waals surface area contributed by atoms with Gasteiger partial charge in [-0.1, -0.05) is 22.0 Å². The summed E-state index contributed by atoms with van der Waals surface area (Å²) in [5.41, 5.74) is 2.13. The number of carbonyl (C=O) groups is 1. The van der Waals surface area contributed by atoms with E-state index in [1.807, 2.05) is 42.3 Å². The maximum Gasteiger partial charge on any atom is 0.335 e. The zero-order chi connectivity index (χ0) is 13.1. The Kier molecular flexibility index (Phi) is 3.67. The van der Waals surface area contributed by atoms with E-state index < -0.39 is 5.97 Å². The van der Waals surface area contributed by atoms with Crippen molar-refractivity contribution in [2.45, 2.75) is 0 Å². The van der Waals surface area contributed by atoms with Gasteiger partial charge in [0.05, 0.1) is 5.56 Å². The molecule has 0 saturated carbocycles. The molecule has 0 bridgehead atoms. The molecule has 0 aromatic heterocycles. The molecule has 0 aliphatic rings. The zero-order valence-electron chi connectivity index (χ0n) is 9.80. The number of halogens is 1. The van der Waals surface area contributed by atoms with Gasteiger partial charge in [-0.2, -0.15) is 0 Å². The van der Waals surface area contributed by atoms with Crippen molar-refractivity contribution in [2.24, 2.45) is 0 Å². The lowest BCUT2D eigenvalue weighted by atomic mass is 10.2. The van der Waals surface area contributed by atoms with Gasteiger partial charge in [0.2, 0.25) is 0 Å². The van der Waals surface area contributed by atoms with Crippen LogP contribution < -0.4 is 4.90 Å². The molecule has 2 rings (SSSR count). The van der Waals surface area contributed by atoms with Crippen LogP contribution in [0.2, 0.25) is 0 Å². The van der Waals surface area contributed by atoms with E-state index in [9.17, 15) is 4.79 Å². The van der Waals surface area contributed by atoms with Gasteiger partial charge in [0, 0.05) is 22.9 Å². The average molecular weight is 306 g/mol. The number of hydrogen-bond donors (Lipinski definition) is 1. The van der Waals surface area contributed by atoms with Crippen molar-refractivity contribution in [2.75, 3.05) is 11.9 Å². The molecule has 0 aliphatic carbocycles. The smallest absolute Gasteiger partial charge is 0.335 e. The van der Waals surface area contributed by atoms with Crippen molar-refractivity contribution in [1.29, 1.82) is 0 Å². The van der Waals surface area contributed by atoms with Gasteiger partial charge in [-0.15, -0.1) is 0 Å². The van der Waals surface area contributed by atoms with Gasteiger partial charge in [-0.25, -0.2) is 4.79 Å². The van der Waals surface area contributed by atoms with Crippen LogP contribution in [0.3, 0.4) is 0 Å². The van der Waals surface area contributed by atoms with Crippen LogP contribution >= 0.6 is 15.9 Å². The Morgan fingerprint density at radius 3 is 2.39 bits per heavy atom. The van der Waals surface area contributed by atoms with E-state index in [1.54, 1.807) is 18.2 Å². The van der Waals surface area contributed by atoms with E-state index in [0.717, 1.165) is 15.8 Å². The molecule has 0 unspecified atom stereocenters. The lowest BCUT2D eigenvalue weighted by Crippen LogP contribution is -2.10. The molecule has 0 atom stereocenters. The molecule has 0 amide bonds. The zero-order valence-corrected chi connectivity index (χ0v) is 11.4. The number of nitrogens with zero attached hydrogens (tertiary/aromatic N) is 1. The number of carboxylic acid groups (broad SMARTS) is 1. The van der Waals surface area contributed by atoms with Crippen LogP contribution in [0, 0.1) is 0 Å². The first-order chi connectivity index (χ1) is 8.58. The van der Waals surface area contributed by atoms with Crippen molar-refractivity contribution in [3.63, 3.8) is 0 Å². The molecular formula is C14H12BrNO2. The molecular weight excluding hydrogens is 294 g/mol. The molecule has 1 N–H and O–H groups in total. The highest BCUT2D eigenvalue weighted by atomic mass is 79.9. The molecule has 18 heavy (non-hydrogen) atoms. The third-order valence-corrected chi connectivity index (χ3v) is 3.22. The summed E-state index contributed by atoms with van der Waals surface area (Å²) in [4.78, 5) is 12.9. The van der Waals surface area contributed by atoms with Gasteiger partial charge < -0.3 is 10.0 Å². The quantitative estimate of drug-likeness (QED) is 0.934. The summed E-state index contributed by atoms with van der Waals surface area (Å²) >= 11 is 3.39. The first-order valence-corrected chi connectivity index (χ1v) is 6.20. The second kappa shape index (κ2) is 5.23. The van der Waals surface area contributed by atoms with Gasteiger partial charge in [-0.3, -0.25) is 0 Å². The molecule has 0 fully saturated rings. The Balaban J connectivity index is 2.33. The molecule has 92 valence electrons. The Morgan fingerprint density at radius 1 is 1.11 bits per heavy atom. The highest BCUT2D eigenvalue weighted by Crippen LogP contribution is 2.25. The molecule has 2 aromatic rings. The Morgan fingerprint density at radius 2 is 1.78 bits per heavy atom. The summed E-state index contributed by atoms with van der Waals surface area (Å²) in [6, 6.07) is 14.7. The maximum atomic E-state index is 10.9. The van der Waals surface area contributed by atoms with Crippen LogP contribution in [0.1, 0.15) is 10.4 Å². The summed E-state index contributed by atoms with van der Waals surface area (Å²) in [6.45, 7) is 0. The highest BCUT2D eigenvalue weighted by Gasteiger charge is 2.07. The number of rotatable bonds is 3. The first kappa shape index (κ1) is 12.6. The minimum Gasteiger partial charge on any atom is -0.478 e. The van der Waals surface area contributed by atoms with Crippen LogP contribution in [-0.4, -0.2) is 18.1 Å². The van der Waals surface area contributed by atoms with Crippen LogP contribution in [0.4, 0.5) is 11.4 Å². The molecule has 3 nitrogen and oxygen atoms in total. The van der Waals surface area contributed by atoms with Gasteiger partial charge >= 0.3 is 5.97 Å². The minimum atomic E-state index is -0.916. The standard InChI is InChI=1S/C14H12BrNO2/c1-16(12-7-5-11(15)6-8-12)13-4-2-3-10(9-13)14(17)18/h2-9H,1H3,(H,17,18). The number of anilines is 2. The lowest BCUT2D eigenvalue weighted by molar-refractivity contribution is 0.0697. The summed E-state index contributed by atoms with van der Waals surface area (Å²) in [5.74, 6) is -0.916. The summed E-state index contributed by atoms with van der Waals surface area (Å²) in [5, 5.41) is 8.97. The molecule has 0 saturated heterocycles. The van der Waals surface area contributed by atoms with Crippen molar-refractivity contribution >= 4 is 33.3 Å². The van der Waals surface area contributed by atoms with E-state index in [2.05, 4.69) is 15.9 Å². The Bertz CT molecular complexity index is 566. The number of hydrogen-bond acceptors (Lipinski definition) is 2. The van der Waals surface area contributed by atoms with Crippen molar-refractivity contribution in [3.8, 4) is 0 Å². The van der Waals surface area contributed by atoms with Crippen molar-refractivity contribution < 1.29 is 9.90 Å². The predicted octanol–water partition coefficient (Wildman–Crippen LogP) is 3.92. The van der Waals surface area contributed by atoms with E-state index >= 15 is 0 Å². The number of aromatic carboxylic acids is 1. The van der Waals surface area contributed by atoms with E-state index in [-0.39, 0.29) is 5.56 Å². The van der Waals surface area contributed by atoms with Crippen LogP contribution in [-0.2, 0) is 0 Å². The third-order valence-electron chi connectivity index (χ3n) is 2.69. The summed E-state index contributed by atoms with van der Waals surface area (Å²) in [7, 11) is 1.91. The summed E-state index contributed by atoms with van der Waals surface area (Å²) < 4.78 is 1.01. The second-order valence-electron chi connectivity index (χ2n) is 3.89. The van der Waals surface area contributed by atoms with Gasteiger partial charge in [0.1, 0.15) is 0 Å². The van der Waals surface area contributed by atoms with Crippen LogP contribution in [0.5, 0.6) is 0 Å². The fourth-order valence-corrected chi connectivity index (χ4v) is 1.93. The SMILES string of the molecule is CN(c1ccc(Br)cc1)c1cccc(C(=O)O)c1. The van der Waals surface area contributed by atoms with Crippen molar-refractivity contribution in [1.82, 2.24) is 0 Å². The fourth-order valence-electron chi connectivity index (χ4n) is 1.66. The van der Waals surface area contributed by atoms with E-state index in [1.165, 1.54) is 0 Å². The van der Waals surface area contributed by atoms with Crippen LogP contribution in [0.25, 0.3) is 0 Å². The Labute approximate surface area is 114 Å². The predicted molar refractivity (Wildman–Crippen MR) is 75.6 cm³/mol. The molecule has 0 spiro atoms. The average Bonchev–Trinajstić information content (AvgIpc) is 2.39. The maximum absolute atomic E-state index is 10.9. The topological polar surface area (TPSA) is 40.5 Å². The first-order valence-electron chi connectivity index (χ1n) is 5.40. The fraction of sp³-hybridized carbons (Fsp3) is 0.0714. The highest BCUT2D eigenvalue weighted by molar-refractivity contribution is 9.10. The Hall–Kier alpha value is -1.81. The normalized spacial score (nSPS) is 10.1. The van der Waals surface area contributed by atoms with Gasteiger partial charge in [0.15, 0.2) is 0 Å². The summed E-state index contributed by atoms with van der Waals surface area (Å²) in [6.07, 6.45) is 0. The monoisotopic (exact) mass is 305 g/mol. The molecule has 0 aliphatic heterocycles. The molecule has 0 heterocycles. The number of carboxylic acids is 1. The molecule has 0 radical (unpaired) electrons.